The number of rotatable bonds is 4. The Hall–Kier alpha value is -2.27. The number of aromatic nitrogens is 1. The molecule has 2 nitrogen and oxygen atoms in total. The number of benzene rings is 1. The van der Waals surface area contributed by atoms with Crippen molar-refractivity contribution in [3.63, 3.8) is 0 Å². The maximum atomic E-state index is 5.56. The average molecular weight is 237 g/mol. The lowest BCUT2D eigenvalue weighted by Crippen LogP contribution is -1.97. The van der Waals surface area contributed by atoms with E-state index in [9.17, 15) is 0 Å². The Morgan fingerprint density at radius 3 is 2.72 bits per heavy atom. The van der Waals surface area contributed by atoms with Crippen molar-refractivity contribution in [2.75, 3.05) is 6.61 Å². The summed E-state index contributed by atoms with van der Waals surface area (Å²) in [5.74, 6) is 6.45. The van der Waals surface area contributed by atoms with Crippen LogP contribution in [0.5, 0.6) is 5.88 Å². The van der Waals surface area contributed by atoms with Gasteiger partial charge in [0.25, 0.3) is 0 Å². The van der Waals surface area contributed by atoms with Crippen molar-refractivity contribution >= 4 is 0 Å². The minimum Gasteiger partial charge on any atom is -0.477 e. The minimum absolute atomic E-state index is 0.575. The molecule has 2 aromatic rings. The van der Waals surface area contributed by atoms with Gasteiger partial charge in [-0.15, -0.1) is 11.8 Å². The van der Waals surface area contributed by atoms with E-state index in [1.54, 1.807) is 6.20 Å². The van der Waals surface area contributed by atoms with Gasteiger partial charge in [-0.1, -0.05) is 30.3 Å². The van der Waals surface area contributed by atoms with Gasteiger partial charge in [-0.25, -0.2) is 4.98 Å². The van der Waals surface area contributed by atoms with Gasteiger partial charge >= 0.3 is 0 Å². The second-order valence-corrected chi connectivity index (χ2v) is 3.77. The fourth-order valence-electron chi connectivity index (χ4n) is 1.63. The second kappa shape index (κ2) is 6.46. The van der Waals surface area contributed by atoms with Crippen LogP contribution in [0.25, 0.3) is 11.1 Å². The molecule has 0 aliphatic heterocycles. The van der Waals surface area contributed by atoms with Crippen LogP contribution in [0.1, 0.15) is 13.3 Å². The highest BCUT2D eigenvalue weighted by atomic mass is 16.5. The molecule has 0 saturated carbocycles. The van der Waals surface area contributed by atoms with E-state index in [2.05, 4.69) is 29.0 Å². The highest BCUT2D eigenvalue weighted by Gasteiger charge is 2.00. The molecule has 0 fully saturated rings. The molecular weight excluding hydrogens is 222 g/mol. The molecule has 0 aliphatic carbocycles. The van der Waals surface area contributed by atoms with E-state index in [0.29, 0.717) is 12.5 Å². The molecule has 0 saturated heterocycles. The average Bonchev–Trinajstić information content (AvgIpc) is 2.45. The van der Waals surface area contributed by atoms with Crippen molar-refractivity contribution in [3.8, 4) is 28.8 Å². The Morgan fingerprint density at radius 2 is 1.94 bits per heavy atom. The third-order valence-corrected chi connectivity index (χ3v) is 2.50. The van der Waals surface area contributed by atoms with Gasteiger partial charge in [-0.3, -0.25) is 0 Å². The van der Waals surface area contributed by atoms with E-state index in [1.807, 2.05) is 37.3 Å². The Balaban J connectivity index is 2.07. The molecule has 0 bridgehead atoms. The fraction of sp³-hybridized carbons (Fsp3) is 0.188. The Bertz CT molecular complexity index is 552. The van der Waals surface area contributed by atoms with Gasteiger partial charge in [0, 0.05) is 18.7 Å². The summed E-state index contributed by atoms with van der Waals surface area (Å²) in [4.78, 5) is 4.19. The van der Waals surface area contributed by atoms with Crippen LogP contribution in [0, 0.1) is 11.8 Å². The van der Waals surface area contributed by atoms with E-state index in [-0.39, 0.29) is 0 Å². The second-order valence-electron chi connectivity index (χ2n) is 3.77. The number of ether oxygens (including phenoxy) is 1. The van der Waals surface area contributed by atoms with Crippen LogP contribution in [0.15, 0.2) is 48.7 Å². The summed E-state index contributed by atoms with van der Waals surface area (Å²) in [7, 11) is 0. The van der Waals surface area contributed by atoms with Gasteiger partial charge in [0.2, 0.25) is 5.88 Å². The molecule has 1 aromatic carbocycles. The molecule has 0 unspecified atom stereocenters. The zero-order valence-corrected chi connectivity index (χ0v) is 10.4. The van der Waals surface area contributed by atoms with E-state index in [0.717, 1.165) is 17.5 Å². The summed E-state index contributed by atoms with van der Waals surface area (Å²) >= 11 is 0. The Morgan fingerprint density at radius 1 is 1.11 bits per heavy atom. The number of hydrogen-bond acceptors (Lipinski definition) is 2. The van der Waals surface area contributed by atoms with Crippen LogP contribution in [0.2, 0.25) is 0 Å². The molecule has 0 spiro atoms. The fourth-order valence-corrected chi connectivity index (χ4v) is 1.63. The third kappa shape index (κ3) is 3.36. The maximum absolute atomic E-state index is 5.56. The first-order chi connectivity index (χ1) is 8.90. The van der Waals surface area contributed by atoms with Crippen molar-refractivity contribution in [2.45, 2.75) is 13.3 Å². The van der Waals surface area contributed by atoms with Gasteiger partial charge in [-0.2, -0.15) is 0 Å². The molecule has 0 N–H and O–H groups in total. The summed E-state index contributed by atoms with van der Waals surface area (Å²) in [5, 5.41) is 0. The van der Waals surface area contributed by atoms with Crippen LogP contribution in [-0.4, -0.2) is 11.6 Å². The summed E-state index contributed by atoms with van der Waals surface area (Å²) in [5.41, 5.74) is 2.28. The van der Waals surface area contributed by atoms with Crippen molar-refractivity contribution in [1.82, 2.24) is 4.98 Å². The Labute approximate surface area is 108 Å². The standard InChI is InChI=1S/C16H15NO/c1-2-3-7-12-18-16-13-15(10-11-17-16)14-8-5-4-6-9-14/h4-6,8-11,13H,7,12H2,1H3. The lowest BCUT2D eigenvalue weighted by Gasteiger charge is -2.05. The molecule has 1 aromatic heterocycles. The largest absolute Gasteiger partial charge is 0.477 e. The van der Waals surface area contributed by atoms with E-state index < -0.39 is 0 Å². The zero-order valence-electron chi connectivity index (χ0n) is 10.4. The zero-order chi connectivity index (χ0) is 12.6. The number of nitrogens with zero attached hydrogens (tertiary/aromatic N) is 1. The molecule has 18 heavy (non-hydrogen) atoms. The molecule has 90 valence electrons. The van der Waals surface area contributed by atoms with Gasteiger partial charge < -0.3 is 4.74 Å². The first-order valence-electron chi connectivity index (χ1n) is 5.94. The van der Waals surface area contributed by atoms with Gasteiger partial charge in [0.1, 0.15) is 6.61 Å². The van der Waals surface area contributed by atoms with Gasteiger partial charge in [-0.05, 0) is 24.1 Å². The lowest BCUT2D eigenvalue weighted by atomic mass is 10.1. The number of pyridine rings is 1. The molecular formula is C16H15NO. The normalized spacial score (nSPS) is 9.39. The predicted molar refractivity (Wildman–Crippen MR) is 73.2 cm³/mol. The molecule has 0 radical (unpaired) electrons. The summed E-state index contributed by atoms with van der Waals surface area (Å²) < 4.78 is 5.56. The monoisotopic (exact) mass is 237 g/mol. The third-order valence-electron chi connectivity index (χ3n) is 2.50. The molecule has 0 atom stereocenters. The van der Waals surface area contributed by atoms with Crippen molar-refractivity contribution in [2.24, 2.45) is 0 Å². The van der Waals surface area contributed by atoms with E-state index >= 15 is 0 Å². The molecule has 2 heteroatoms. The summed E-state index contributed by atoms with van der Waals surface area (Å²) in [6.07, 6.45) is 2.50. The van der Waals surface area contributed by atoms with Gasteiger partial charge in [0.15, 0.2) is 0 Å². The van der Waals surface area contributed by atoms with E-state index in [4.69, 9.17) is 4.74 Å². The maximum Gasteiger partial charge on any atom is 0.213 e. The molecule has 1 heterocycles. The van der Waals surface area contributed by atoms with Crippen LogP contribution >= 0.6 is 0 Å². The summed E-state index contributed by atoms with van der Waals surface area (Å²) in [6.45, 7) is 2.40. The van der Waals surface area contributed by atoms with Crippen LogP contribution < -0.4 is 4.74 Å². The van der Waals surface area contributed by atoms with Gasteiger partial charge in [0.05, 0.1) is 0 Å². The smallest absolute Gasteiger partial charge is 0.213 e. The molecule has 2 rings (SSSR count). The topological polar surface area (TPSA) is 22.1 Å². The highest BCUT2D eigenvalue weighted by Crippen LogP contribution is 2.21. The SMILES string of the molecule is CC#CCCOc1cc(-c2ccccc2)ccn1. The highest BCUT2D eigenvalue weighted by molar-refractivity contribution is 5.63. The quantitative estimate of drug-likeness (QED) is 0.599. The van der Waals surface area contributed by atoms with Crippen molar-refractivity contribution in [1.29, 1.82) is 0 Å². The van der Waals surface area contributed by atoms with E-state index in [1.165, 1.54) is 0 Å². The minimum atomic E-state index is 0.575. The predicted octanol–water partition coefficient (Wildman–Crippen LogP) is 3.54. The van der Waals surface area contributed by atoms with Crippen molar-refractivity contribution < 1.29 is 4.74 Å². The first kappa shape index (κ1) is 12.2. The first-order valence-corrected chi connectivity index (χ1v) is 5.94. The Kier molecular flexibility index (Phi) is 4.38. The van der Waals surface area contributed by atoms with Crippen LogP contribution in [0.4, 0.5) is 0 Å². The lowest BCUT2D eigenvalue weighted by molar-refractivity contribution is 0.314. The number of hydrogen-bond donors (Lipinski definition) is 0. The molecule has 0 aliphatic rings. The summed E-state index contributed by atoms with van der Waals surface area (Å²) in [6, 6.07) is 14.1. The molecule has 0 amide bonds. The van der Waals surface area contributed by atoms with Crippen LogP contribution in [-0.2, 0) is 0 Å². The van der Waals surface area contributed by atoms with Crippen LogP contribution in [0.3, 0.4) is 0 Å². The van der Waals surface area contributed by atoms with Crippen molar-refractivity contribution in [3.05, 3.63) is 48.7 Å².